The van der Waals surface area contributed by atoms with Gasteiger partial charge in [-0.05, 0) is 35.2 Å². The van der Waals surface area contributed by atoms with E-state index in [1.165, 1.54) is 23.5 Å². The van der Waals surface area contributed by atoms with Crippen LogP contribution in [-0.4, -0.2) is 10.1 Å². The molecule has 0 amide bonds. The third-order valence-corrected chi connectivity index (χ3v) is 3.54. The zero-order chi connectivity index (χ0) is 13.2. The third kappa shape index (κ3) is 2.27. The van der Waals surface area contributed by atoms with E-state index in [1.54, 1.807) is 6.07 Å². The average Bonchev–Trinajstić information content (AvgIpc) is 3.09. The van der Waals surface area contributed by atoms with Crippen LogP contribution in [0.3, 0.4) is 0 Å². The summed E-state index contributed by atoms with van der Waals surface area (Å²) in [5, 5.41) is 5.86. The summed E-state index contributed by atoms with van der Waals surface area (Å²) in [6, 6.07) is 8.16. The molecule has 0 spiro atoms. The highest BCUT2D eigenvalue weighted by molar-refractivity contribution is 7.13. The van der Waals surface area contributed by atoms with Gasteiger partial charge in [-0.1, -0.05) is 11.2 Å². The van der Waals surface area contributed by atoms with E-state index in [0.717, 1.165) is 4.88 Å². The minimum absolute atomic E-state index is 0.218. The van der Waals surface area contributed by atoms with Crippen LogP contribution in [0.5, 0.6) is 0 Å². The molecule has 3 rings (SSSR count). The van der Waals surface area contributed by atoms with E-state index in [-0.39, 0.29) is 12.4 Å². The maximum absolute atomic E-state index is 13.2. The number of rotatable bonds is 3. The maximum Gasteiger partial charge on any atom is 0.268 e. The standard InChI is InChI=1S/C13H10FN3OS/c14-9-3-4-10(8(6-9)7-15)12-16-13(18-17-12)11-2-1-5-19-11/h1-6H,7,15H2. The highest BCUT2D eigenvalue weighted by Crippen LogP contribution is 2.27. The number of aromatic nitrogens is 2. The fraction of sp³-hybridized carbons (Fsp3) is 0.0769. The molecule has 0 atom stereocenters. The van der Waals surface area contributed by atoms with Crippen molar-refractivity contribution in [1.82, 2.24) is 10.1 Å². The van der Waals surface area contributed by atoms with Crippen LogP contribution < -0.4 is 5.73 Å². The van der Waals surface area contributed by atoms with Gasteiger partial charge in [-0.15, -0.1) is 11.3 Å². The fourth-order valence-corrected chi connectivity index (χ4v) is 2.43. The molecule has 6 heteroatoms. The van der Waals surface area contributed by atoms with E-state index in [2.05, 4.69) is 10.1 Å². The molecule has 3 aromatic rings. The Morgan fingerprint density at radius 3 is 2.95 bits per heavy atom. The van der Waals surface area contributed by atoms with E-state index in [1.807, 2.05) is 17.5 Å². The fourth-order valence-electron chi connectivity index (χ4n) is 1.78. The molecule has 0 aliphatic heterocycles. The van der Waals surface area contributed by atoms with Crippen molar-refractivity contribution in [2.75, 3.05) is 0 Å². The molecule has 0 aliphatic rings. The summed E-state index contributed by atoms with van der Waals surface area (Å²) in [6.07, 6.45) is 0. The molecule has 2 N–H and O–H groups in total. The Bertz CT molecular complexity index is 694. The van der Waals surface area contributed by atoms with E-state index >= 15 is 0 Å². The van der Waals surface area contributed by atoms with Crippen molar-refractivity contribution >= 4 is 11.3 Å². The number of benzene rings is 1. The second-order valence-electron chi connectivity index (χ2n) is 3.91. The Labute approximate surface area is 112 Å². The van der Waals surface area contributed by atoms with E-state index < -0.39 is 0 Å². The molecular formula is C13H10FN3OS. The van der Waals surface area contributed by atoms with Crippen molar-refractivity contribution in [3.05, 3.63) is 47.1 Å². The Morgan fingerprint density at radius 1 is 1.32 bits per heavy atom. The predicted molar refractivity (Wildman–Crippen MR) is 70.9 cm³/mol. The van der Waals surface area contributed by atoms with Crippen molar-refractivity contribution in [2.45, 2.75) is 6.54 Å². The Hall–Kier alpha value is -2.05. The number of hydrogen-bond donors (Lipinski definition) is 1. The topological polar surface area (TPSA) is 64.9 Å². The van der Waals surface area contributed by atoms with Crippen LogP contribution in [0.25, 0.3) is 22.2 Å². The quantitative estimate of drug-likeness (QED) is 0.797. The van der Waals surface area contributed by atoms with E-state index in [0.29, 0.717) is 22.8 Å². The van der Waals surface area contributed by atoms with Gasteiger partial charge in [0.2, 0.25) is 5.82 Å². The minimum Gasteiger partial charge on any atom is -0.333 e. The molecule has 4 nitrogen and oxygen atoms in total. The molecule has 19 heavy (non-hydrogen) atoms. The largest absolute Gasteiger partial charge is 0.333 e. The van der Waals surface area contributed by atoms with Gasteiger partial charge in [0.05, 0.1) is 4.88 Å². The van der Waals surface area contributed by atoms with Crippen LogP contribution in [0.4, 0.5) is 4.39 Å². The van der Waals surface area contributed by atoms with Crippen molar-refractivity contribution in [2.24, 2.45) is 5.73 Å². The lowest BCUT2D eigenvalue weighted by Gasteiger charge is -2.02. The van der Waals surface area contributed by atoms with Crippen molar-refractivity contribution in [1.29, 1.82) is 0 Å². The number of nitrogens with two attached hydrogens (primary N) is 1. The molecule has 0 saturated heterocycles. The molecule has 0 radical (unpaired) electrons. The van der Waals surface area contributed by atoms with Gasteiger partial charge in [-0.3, -0.25) is 0 Å². The summed E-state index contributed by atoms with van der Waals surface area (Å²) in [5.74, 6) is 0.548. The van der Waals surface area contributed by atoms with Gasteiger partial charge in [-0.2, -0.15) is 4.98 Å². The maximum atomic E-state index is 13.2. The predicted octanol–water partition coefficient (Wildman–Crippen LogP) is 3.06. The smallest absolute Gasteiger partial charge is 0.268 e. The first-order chi connectivity index (χ1) is 9.28. The van der Waals surface area contributed by atoms with Crippen LogP contribution >= 0.6 is 11.3 Å². The van der Waals surface area contributed by atoms with Crippen LogP contribution in [-0.2, 0) is 6.54 Å². The second-order valence-corrected chi connectivity index (χ2v) is 4.85. The second kappa shape index (κ2) is 4.91. The SMILES string of the molecule is NCc1cc(F)ccc1-c1noc(-c2cccs2)n1. The van der Waals surface area contributed by atoms with Crippen LogP contribution in [0.15, 0.2) is 40.2 Å². The molecular weight excluding hydrogens is 265 g/mol. The summed E-state index contributed by atoms with van der Waals surface area (Å²) in [7, 11) is 0. The summed E-state index contributed by atoms with van der Waals surface area (Å²) in [4.78, 5) is 5.21. The molecule has 2 aromatic heterocycles. The van der Waals surface area contributed by atoms with E-state index in [9.17, 15) is 4.39 Å². The first-order valence-electron chi connectivity index (χ1n) is 5.64. The van der Waals surface area contributed by atoms with Gasteiger partial charge < -0.3 is 10.3 Å². The van der Waals surface area contributed by atoms with Gasteiger partial charge >= 0.3 is 0 Å². The lowest BCUT2D eigenvalue weighted by atomic mass is 10.1. The van der Waals surface area contributed by atoms with Crippen LogP contribution in [0.2, 0.25) is 0 Å². The molecule has 1 aromatic carbocycles. The van der Waals surface area contributed by atoms with Gasteiger partial charge in [0, 0.05) is 12.1 Å². The van der Waals surface area contributed by atoms with Gasteiger partial charge in [0.15, 0.2) is 0 Å². The number of nitrogens with zero attached hydrogens (tertiary/aromatic N) is 2. The lowest BCUT2D eigenvalue weighted by Crippen LogP contribution is -2.00. The van der Waals surface area contributed by atoms with Gasteiger partial charge in [0.1, 0.15) is 5.82 Å². The monoisotopic (exact) mass is 275 g/mol. The third-order valence-electron chi connectivity index (χ3n) is 2.69. The van der Waals surface area contributed by atoms with Crippen molar-refractivity contribution in [3.8, 4) is 22.2 Å². The minimum atomic E-state index is -0.328. The van der Waals surface area contributed by atoms with Crippen molar-refractivity contribution in [3.63, 3.8) is 0 Å². The summed E-state index contributed by atoms with van der Waals surface area (Å²) in [6.45, 7) is 0.218. The first kappa shape index (κ1) is 12.0. The highest BCUT2D eigenvalue weighted by atomic mass is 32.1. The molecule has 2 heterocycles. The van der Waals surface area contributed by atoms with Gasteiger partial charge in [0.25, 0.3) is 5.89 Å². The summed E-state index contributed by atoms with van der Waals surface area (Å²) >= 11 is 1.52. The Kier molecular flexibility index (Phi) is 3.10. The number of hydrogen-bond acceptors (Lipinski definition) is 5. The van der Waals surface area contributed by atoms with Crippen LogP contribution in [0.1, 0.15) is 5.56 Å². The zero-order valence-electron chi connectivity index (χ0n) is 9.84. The number of thiophene rings is 1. The lowest BCUT2D eigenvalue weighted by molar-refractivity contribution is 0.433. The van der Waals surface area contributed by atoms with Gasteiger partial charge in [-0.25, -0.2) is 4.39 Å². The Balaban J connectivity index is 2.03. The normalized spacial score (nSPS) is 10.8. The average molecular weight is 275 g/mol. The molecule has 0 aliphatic carbocycles. The van der Waals surface area contributed by atoms with Crippen molar-refractivity contribution < 1.29 is 8.91 Å². The van der Waals surface area contributed by atoms with Crippen LogP contribution in [0, 0.1) is 5.82 Å². The zero-order valence-corrected chi connectivity index (χ0v) is 10.7. The molecule has 96 valence electrons. The summed E-state index contributed by atoms with van der Waals surface area (Å²) in [5.41, 5.74) is 6.95. The number of halogens is 1. The highest BCUT2D eigenvalue weighted by Gasteiger charge is 2.14. The molecule has 0 fully saturated rings. The Morgan fingerprint density at radius 2 is 2.21 bits per heavy atom. The summed E-state index contributed by atoms with van der Waals surface area (Å²) < 4.78 is 18.4. The molecule has 0 saturated carbocycles. The van der Waals surface area contributed by atoms with E-state index in [4.69, 9.17) is 10.3 Å². The molecule has 0 unspecified atom stereocenters. The first-order valence-corrected chi connectivity index (χ1v) is 6.52. The molecule has 0 bridgehead atoms.